The van der Waals surface area contributed by atoms with E-state index in [0.717, 1.165) is 21.3 Å². The van der Waals surface area contributed by atoms with E-state index in [1.54, 1.807) is 6.08 Å². The van der Waals surface area contributed by atoms with Gasteiger partial charge in [0.15, 0.2) is 5.50 Å². The van der Waals surface area contributed by atoms with Crippen LogP contribution in [0, 0.1) is 19.3 Å². The molecule has 0 spiro atoms. The maximum atomic E-state index is 12.4. The molecule has 0 saturated carbocycles. The van der Waals surface area contributed by atoms with Crippen LogP contribution in [0.25, 0.3) is 6.08 Å². The van der Waals surface area contributed by atoms with Gasteiger partial charge in [-0.05, 0) is 48.9 Å². The van der Waals surface area contributed by atoms with Gasteiger partial charge in [-0.15, -0.1) is 6.42 Å². The molecule has 3 rings (SSSR count). The van der Waals surface area contributed by atoms with Gasteiger partial charge < -0.3 is 15.4 Å². The van der Waals surface area contributed by atoms with E-state index in [4.69, 9.17) is 22.8 Å². The Morgan fingerprint density at radius 1 is 1.41 bits per heavy atom. The van der Waals surface area contributed by atoms with Crippen LogP contribution in [0.5, 0.6) is 5.75 Å². The van der Waals surface area contributed by atoms with Crippen LogP contribution in [0.2, 0.25) is 5.02 Å². The smallest absolute Gasteiger partial charge is 0.260 e. The molecule has 1 atom stereocenters. The van der Waals surface area contributed by atoms with Crippen LogP contribution >= 0.6 is 39.3 Å². The number of aryl methyl sites for hydroxylation is 1. The Balaban J connectivity index is 1.80. The van der Waals surface area contributed by atoms with Crippen molar-refractivity contribution in [2.24, 2.45) is 0 Å². The number of ether oxygens (including phenoxy) is 1. The van der Waals surface area contributed by atoms with Crippen LogP contribution in [0.15, 0.2) is 45.8 Å². The maximum absolute atomic E-state index is 12.4. The van der Waals surface area contributed by atoms with Crippen LogP contribution in [-0.2, 0) is 4.79 Å². The first kappa shape index (κ1) is 19.7. The Morgan fingerprint density at radius 2 is 2.22 bits per heavy atom. The topological polar surface area (TPSA) is 50.4 Å². The number of amides is 1. The number of rotatable bonds is 5. The highest BCUT2D eigenvalue weighted by atomic mass is 79.9. The minimum Gasteiger partial charge on any atom is -0.480 e. The second-order valence-corrected chi connectivity index (χ2v) is 8.26. The number of nitrogens with one attached hydrogen (secondary N) is 2. The number of hydrogen-bond acceptors (Lipinski definition) is 4. The van der Waals surface area contributed by atoms with E-state index in [9.17, 15) is 4.79 Å². The van der Waals surface area contributed by atoms with E-state index in [-0.39, 0.29) is 18.0 Å². The largest absolute Gasteiger partial charge is 0.480 e. The first-order chi connectivity index (χ1) is 13.0. The van der Waals surface area contributed by atoms with Crippen molar-refractivity contribution in [1.29, 1.82) is 0 Å². The summed E-state index contributed by atoms with van der Waals surface area (Å²) in [5.74, 6) is 2.92. The summed E-state index contributed by atoms with van der Waals surface area (Å²) in [6, 6.07) is 11.2. The summed E-state index contributed by atoms with van der Waals surface area (Å²) >= 11 is 10.9. The molecule has 4 nitrogen and oxygen atoms in total. The van der Waals surface area contributed by atoms with E-state index >= 15 is 0 Å². The van der Waals surface area contributed by atoms with Crippen LogP contribution in [-0.4, -0.2) is 18.0 Å². The zero-order valence-corrected chi connectivity index (χ0v) is 17.5. The summed E-state index contributed by atoms with van der Waals surface area (Å²) in [6.45, 7) is 2.14. The zero-order chi connectivity index (χ0) is 19.4. The fourth-order valence-corrected chi connectivity index (χ4v) is 4.00. The Labute approximate surface area is 175 Å². The lowest BCUT2D eigenvalue weighted by molar-refractivity contribution is -0.116. The second-order valence-electron chi connectivity index (χ2n) is 5.76. The lowest BCUT2D eigenvalue weighted by Gasteiger charge is -2.15. The number of anilines is 1. The molecule has 1 saturated heterocycles. The van der Waals surface area contributed by atoms with Crippen molar-refractivity contribution < 1.29 is 9.53 Å². The molecule has 138 valence electrons. The average molecular weight is 464 g/mol. The summed E-state index contributed by atoms with van der Waals surface area (Å²) in [4.78, 5) is 13.0. The second kappa shape index (κ2) is 8.75. The molecule has 0 aliphatic carbocycles. The molecular formula is C20H16BrClN2O2S. The molecule has 1 fully saturated rings. The highest BCUT2D eigenvalue weighted by Gasteiger charge is 2.27. The summed E-state index contributed by atoms with van der Waals surface area (Å²) in [5.41, 5.74) is 2.41. The summed E-state index contributed by atoms with van der Waals surface area (Å²) < 4.78 is 6.45. The van der Waals surface area contributed by atoms with Gasteiger partial charge in [0.05, 0.1) is 4.91 Å². The third-order valence-electron chi connectivity index (χ3n) is 3.79. The van der Waals surface area contributed by atoms with Crippen molar-refractivity contribution in [2.75, 3.05) is 11.9 Å². The lowest BCUT2D eigenvalue weighted by atomic mass is 10.2. The van der Waals surface area contributed by atoms with Gasteiger partial charge in [-0.3, -0.25) is 4.79 Å². The molecule has 27 heavy (non-hydrogen) atoms. The molecule has 1 amide bonds. The van der Waals surface area contributed by atoms with Gasteiger partial charge in [-0.2, -0.15) is 0 Å². The van der Waals surface area contributed by atoms with Gasteiger partial charge in [0.25, 0.3) is 5.91 Å². The number of halogens is 2. The highest BCUT2D eigenvalue weighted by molar-refractivity contribution is 9.10. The quantitative estimate of drug-likeness (QED) is 0.483. The summed E-state index contributed by atoms with van der Waals surface area (Å²) in [7, 11) is 0. The Morgan fingerprint density at radius 3 is 3.00 bits per heavy atom. The summed E-state index contributed by atoms with van der Waals surface area (Å²) in [6.07, 6.45) is 7.07. The molecule has 1 unspecified atom stereocenters. The number of thioether (sulfide) groups is 1. The maximum Gasteiger partial charge on any atom is 0.260 e. The number of hydrogen-bond donors (Lipinski definition) is 2. The van der Waals surface area contributed by atoms with Gasteiger partial charge >= 0.3 is 0 Å². The summed E-state index contributed by atoms with van der Waals surface area (Å²) in [5, 5.41) is 6.85. The predicted octanol–water partition coefficient (Wildman–Crippen LogP) is 5.02. The first-order valence-electron chi connectivity index (χ1n) is 8.04. The molecule has 7 heteroatoms. The van der Waals surface area contributed by atoms with Crippen molar-refractivity contribution in [1.82, 2.24) is 5.32 Å². The van der Waals surface area contributed by atoms with Crippen molar-refractivity contribution in [3.05, 3.63) is 61.9 Å². The standard InChI is InChI=1S/C20H16BrClN2O2S/c1-3-8-26-17-7-5-14(21)9-13(17)10-18-19(25)24-20(27-18)23-16-11-15(22)6-4-12(16)2/h1,4-7,9-11,20,23H,8H2,2H3,(H,24,25)/b18-10-. The molecule has 0 bridgehead atoms. The molecule has 0 radical (unpaired) electrons. The third-order valence-corrected chi connectivity index (χ3v) is 5.54. The van der Waals surface area contributed by atoms with E-state index in [0.29, 0.717) is 15.7 Å². The van der Waals surface area contributed by atoms with Gasteiger partial charge in [0.2, 0.25) is 0 Å². The Bertz CT molecular complexity index is 955. The predicted molar refractivity (Wildman–Crippen MR) is 116 cm³/mol. The van der Waals surface area contributed by atoms with Gasteiger partial charge in [0.1, 0.15) is 12.4 Å². The fraction of sp³-hybridized carbons (Fsp3) is 0.150. The number of terminal acetylenes is 1. The fourth-order valence-electron chi connectivity index (χ4n) is 2.48. The van der Waals surface area contributed by atoms with E-state index in [1.807, 2.05) is 43.3 Å². The molecular weight excluding hydrogens is 448 g/mol. The molecule has 2 aromatic rings. The van der Waals surface area contributed by atoms with E-state index in [2.05, 4.69) is 32.5 Å². The van der Waals surface area contributed by atoms with Crippen molar-refractivity contribution in [3.63, 3.8) is 0 Å². The molecule has 2 aromatic carbocycles. The van der Waals surface area contributed by atoms with Crippen LogP contribution in [0.1, 0.15) is 11.1 Å². The highest BCUT2D eigenvalue weighted by Crippen LogP contribution is 2.34. The lowest BCUT2D eigenvalue weighted by Crippen LogP contribution is -2.31. The van der Waals surface area contributed by atoms with Gasteiger partial charge in [-0.1, -0.05) is 51.3 Å². The minimum atomic E-state index is -0.289. The van der Waals surface area contributed by atoms with Crippen LogP contribution in [0.3, 0.4) is 0 Å². The monoisotopic (exact) mass is 462 g/mol. The number of benzene rings is 2. The zero-order valence-electron chi connectivity index (χ0n) is 14.4. The van der Waals surface area contributed by atoms with Crippen molar-refractivity contribution in [3.8, 4) is 18.1 Å². The number of carbonyl (C=O) groups is 1. The molecule has 0 aromatic heterocycles. The van der Waals surface area contributed by atoms with Crippen molar-refractivity contribution >= 4 is 57.0 Å². The van der Waals surface area contributed by atoms with Crippen LogP contribution < -0.4 is 15.4 Å². The van der Waals surface area contributed by atoms with E-state index in [1.165, 1.54) is 11.8 Å². The number of carbonyl (C=O) groups excluding carboxylic acids is 1. The minimum absolute atomic E-state index is 0.153. The Hall–Kier alpha value is -2.07. The third kappa shape index (κ3) is 5.01. The van der Waals surface area contributed by atoms with Gasteiger partial charge in [-0.25, -0.2) is 0 Å². The first-order valence-corrected chi connectivity index (χ1v) is 10.1. The van der Waals surface area contributed by atoms with E-state index < -0.39 is 0 Å². The van der Waals surface area contributed by atoms with Crippen LogP contribution in [0.4, 0.5) is 5.69 Å². The molecule has 1 aliphatic rings. The normalized spacial score (nSPS) is 17.5. The van der Waals surface area contributed by atoms with Gasteiger partial charge in [0, 0.05) is 20.7 Å². The average Bonchev–Trinajstić information content (AvgIpc) is 2.96. The Kier molecular flexibility index (Phi) is 6.38. The molecule has 1 heterocycles. The van der Waals surface area contributed by atoms with Crippen molar-refractivity contribution in [2.45, 2.75) is 12.4 Å². The molecule has 2 N–H and O–H groups in total. The SMILES string of the molecule is C#CCOc1ccc(Br)cc1/C=C1\SC(Nc2cc(Cl)ccc2C)NC1=O. The molecule has 1 aliphatic heterocycles.